The average Bonchev–Trinajstić information content (AvgIpc) is 2.69. The molecule has 0 aromatic heterocycles. The third-order valence-corrected chi connectivity index (χ3v) is 4.03. The predicted octanol–water partition coefficient (Wildman–Crippen LogP) is 2.56. The first-order valence-corrected chi connectivity index (χ1v) is 8.94. The summed E-state index contributed by atoms with van der Waals surface area (Å²) in [7, 11) is 3.14. The van der Waals surface area contributed by atoms with Gasteiger partial charge in [-0.15, -0.1) is 0 Å². The van der Waals surface area contributed by atoms with Gasteiger partial charge in [-0.2, -0.15) is 5.10 Å². The predicted molar refractivity (Wildman–Crippen MR) is 108 cm³/mol. The molecule has 0 saturated heterocycles. The second-order valence-electron chi connectivity index (χ2n) is 5.81. The fourth-order valence-corrected chi connectivity index (χ4v) is 2.48. The fraction of sp³-hybridized carbons (Fsp3) is 0.250. The summed E-state index contributed by atoms with van der Waals surface area (Å²) in [4.78, 5) is 23.6. The number of benzene rings is 2. The van der Waals surface area contributed by atoms with Crippen LogP contribution in [-0.4, -0.2) is 38.8 Å². The van der Waals surface area contributed by atoms with Gasteiger partial charge < -0.3 is 14.8 Å². The second kappa shape index (κ2) is 10.9. The number of nitrogens with zero attached hydrogens (tertiary/aromatic N) is 1. The largest absolute Gasteiger partial charge is 0.493 e. The van der Waals surface area contributed by atoms with E-state index in [1.807, 2.05) is 18.2 Å². The molecule has 2 aromatic carbocycles. The van der Waals surface area contributed by atoms with Crippen LogP contribution in [0.15, 0.2) is 47.6 Å². The molecule has 28 heavy (non-hydrogen) atoms. The van der Waals surface area contributed by atoms with Gasteiger partial charge in [0.25, 0.3) is 0 Å². The Balaban J connectivity index is 1.71. The Morgan fingerprint density at radius 3 is 2.43 bits per heavy atom. The lowest BCUT2D eigenvalue weighted by Gasteiger charge is -2.10. The number of hydrazone groups is 1. The third kappa shape index (κ3) is 6.92. The molecule has 0 aliphatic heterocycles. The van der Waals surface area contributed by atoms with Crippen molar-refractivity contribution >= 4 is 29.6 Å². The molecule has 148 valence electrons. The lowest BCUT2D eigenvalue weighted by atomic mass is 10.1. The van der Waals surface area contributed by atoms with Crippen molar-refractivity contribution in [3.05, 3.63) is 58.6 Å². The van der Waals surface area contributed by atoms with Gasteiger partial charge in [-0.3, -0.25) is 9.59 Å². The van der Waals surface area contributed by atoms with Gasteiger partial charge in [0.05, 0.1) is 20.4 Å². The molecule has 0 aliphatic carbocycles. The number of carbonyl (C=O) groups excluding carboxylic acids is 2. The molecule has 0 saturated carbocycles. The molecule has 0 aliphatic rings. The number of methoxy groups -OCH3 is 2. The van der Waals surface area contributed by atoms with Crippen LogP contribution in [-0.2, 0) is 16.0 Å². The summed E-state index contributed by atoms with van der Waals surface area (Å²) >= 11 is 5.79. The molecule has 7 nitrogen and oxygen atoms in total. The van der Waals surface area contributed by atoms with E-state index in [9.17, 15) is 9.59 Å². The van der Waals surface area contributed by atoms with E-state index in [2.05, 4.69) is 15.8 Å². The van der Waals surface area contributed by atoms with Crippen LogP contribution in [0.3, 0.4) is 0 Å². The molecule has 2 aromatic rings. The zero-order valence-electron chi connectivity index (χ0n) is 15.7. The minimum absolute atomic E-state index is 0.302. The summed E-state index contributed by atoms with van der Waals surface area (Å²) in [6.45, 7) is 0.398. The van der Waals surface area contributed by atoms with Gasteiger partial charge >= 0.3 is 0 Å². The molecule has 0 atom stereocenters. The maximum Gasteiger partial charge on any atom is 0.249 e. The summed E-state index contributed by atoms with van der Waals surface area (Å²) in [5.41, 5.74) is 4.08. The summed E-state index contributed by atoms with van der Waals surface area (Å²) < 4.78 is 10.4. The SMILES string of the molecule is COc1ccc(CCNC(=O)CC(=O)N/N=C\c2ccc(Cl)cc2)cc1OC. The molecule has 0 radical (unpaired) electrons. The molecule has 0 fully saturated rings. The number of hydrogen-bond donors (Lipinski definition) is 2. The minimum Gasteiger partial charge on any atom is -0.493 e. The van der Waals surface area contributed by atoms with Crippen LogP contribution in [0.4, 0.5) is 0 Å². The first-order valence-electron chi connectivity index (χ1n) is 8.57. The highest BCUT2D eigenvalue weighted by molar-refractivity contribution is 6.30. The Bertz CT molecular complexity index is 838. The van der Waals surface area contributed by atoms with Crippen molar-refractivity contribution in [1.82, 2.24) is 10.7 Å². The first-order chi connectivity index (χ1) is 13.5. The van der Waals surface area contributed by atoms with Crippen molar-refractivity contribution in [1.29, 1.82) is 0 Å². The topological polar surface area (TPSA) is 89.0 Å². The third-order valence-electron chi connectivity index (χ3n) is 3.78. The summed E-state index contributed by atoms with van der Waals surface area (Å²) in [5, 5.41) is 7.13. The Morgan fingerprint density at radius 1 is 1.04 bits per heavy atom. The Labute approximate surface area is 168 Å². The van der Waals surface area contributed by atoms with Crippen LogP contribution in [0.5, 0.6) is 11.5 Å². The minimum atomic E-state index is -0.492. The zero-order valence-corrected chi connectivity index (χ0v) is 16.5. The van der Waals surface area contributed by atoms with Gasteiger partial charge in [0.1, 0.15) is 6.42 Å². The number of ether oxygens (including phenoxy) is 2. The lowest BCUT2D eigenvalue weighted by molar-refractivity contribution is -0.129. The van der Waals surface area contributed by atoms with Gasteiger partial charge in [0.15, 0.2) is 11.5 Å². The maximum atomic E-state index is 11.9. The highest BCUT2D eigenvalue weighted by Gasteiger charge is 2.09. The number of carbonyl (C=O) groups is 2. The van der Waals surface area contributed by atoms with Crippen molar-refractivity contribution in [3.8, 4) is 11.5 Å². The average molecular weight is 404 g/mol. The molecular formula is C20H22ClN3O4. The van der Waals surface area contributed by atoms with Crippen molar-refractivity contribution in [2.24, 2.45) is 5.10 Å². The number of rotatable bonds is 9. The second-order valence-corrected chi connectivity index (χ2v) is 6.25. The van der Waals surface area contributed by atoms with Crippen LogP contribution in [0, 0.1) is 0 Å². The molecule has 2 amide bonds. The van der Waals surface area contributed by atoms with Crippen molar-refractivity contribution < 1.29 is 19.1 Å². The van der Waals surface area contributed by atoms with E-state index < -0.39 is 5.91 Å². The number of amides is 2. The molecule has 2 N–H and O–H groups in total. The Hall–Kier alpha value is -3.06. The Kier molecular flexibility index (Phi) is 8.30. The number of nitrogens with one attached hydrogen (secondary N) is 2. The molecule has 0 bridgehead atoms. The van der Waals surface area contributed by atoms with E-state index in [-0.39, 0.29) is 12.3 Å². The zero-order chi connectivity index (χ0) is 20.4. The van der Waals surface area contributed by atoms with Crippen molar-refractivity contribution in [2.75, 3.05) is 20.8 Å². The molecule has 2 rings (SSSR count). The van der Waals surface area contributed by atoms with E-state index in [1.165, 1.54) is 6.21 Å². The molecule has 8 heteroatoms. The number of halogens is 1. The Morgan fingerprint density at radius 2 is 1.75 bits per heavy atom. The monoisotopic (exact) mass is 403 g/mol. The fourth-order valence-electron chi connectivity index (χ4n) is 2.36. The normalized spacial score (nSPS) is 10.5. The van der Waals surface area contributed by atoms with Crippen LogP contribution in [0.25, 0.3) is 0 Å². The van der Waals surface area contributed by atoms with E-state index in [0.29, 0.717) is 29.5 Å². The van der Waals surface area contributed by atoms with Gasteiger partial charge in [-0.05, 0) is 41.8 Å². The summed E-state index contributed by atoms with van der Waals surface area (Å²) in [5.74, 6) is 0.406. The van der Waals surface area contributed by atoms with Crippen LogP contribution >= 0.6 is 11.6 Å². The standard InChI is InChI=1S/C20H22ClN3O4/c1-27-17-8-5-14(11-18(17)28-2)9-10-22-19(25)12-20(26)24-23-13-15-3-6-16(21)7-4-15/h3-8,11,13H,9-10,12H2,1-2H3,(H,22,25)(H,24,26)/b23-13-. The number of hydrogen-bond acceptors (Lipinski definition) is 5. The highest BCUT2D eigenvalue weighted by Crippen LogP contribution is 2.27. The summed E-state index contributed by atoms with van der Waals surface area (Å²) in [6, 6.07) is 12.5. The van der Waals surface area contributed by atoms with E-state index in [4.69, 9.17) is 21.1 Å². The van der Waals surface area contributed by atoms with E-state index in [0.717, 1.165) is 11.1 Å². The van der Waals surface area contributed by atoms with Crippen molar-refractivity contribution in [3.63, 3.8) is 0 Å². The van der Waals surface area contributed by atoms with Gasteiger partial charge in [-0.25, -0.2) is 5.43 Å². The first kappa shape index (κ1) is 21.2. The molecule has 0 spiro atoms. The molecule has 0 heterocycles. The molecule has 0 unspecified atom stereocenters. The van der Waals surface area contributed by atoms with Crippen LogP contribution in [0.2, 0.25) is 5.02 Å². The van der Waals surface area contributed by atoms with E-state index in [1.54, 1.807) is 38.5 Å². The van der Waals surface area contributed by atoms with Crippen LogP contribution < -0.4 is 20.2 Å². The van der Waals surface area contributed by atoms with Crippen LogP contribution in [0.1, 0.15) is 17.5 Å². The van der Waals surface area contributed by atoms with Gasteiger partial charge in [0.2, 0.25) is 11.8 Å². The van der Waals surface area contributed by atoms with E-state index >= 15 is 0 Å². The smallest absolute Gasteiger partial charge is 0.249 e. The van der Waals surface area contributed by atoms with Gasteiger partial charge in [0, 0.05) is 11.6 Å². The summed E-state index contributed by atoms with van der Waals surface area (Å²) in [6.07, 6.45) is 1.77. The van der Waals surface area contributed by atoms with Crippen molar-refractivity contribution in [2.45, 2.75) is 12.8 Å². The molecular weight excluding hydrogens is 382 g/mol. The maximum absolute atomic E-state index is 11.9. The highest BCUT2D eigenvalue weighted by atomic mass is 35.5. The lowest BCUT2D eigenvalue weighted by Crippen LogP contribution is -2.31. The van der Waals surface area contributed by atoms with Gasteiger partial charge in [-0.1, -0.05) is 29.8 Å². The quantitative estimate of drug-likeness (QED) is 0.382.